The maximum atomic E-state index is 5.86. The average molecular weight is 386 g/mol. The van der Waals surface area contributed by atoms with Gasteiger partial charge in [-0.25, -0.2) is 0 Å². The third-order valence-electron chi connectivity index (χ3n) is 6.75. The van der Waals surface area contributed by atoms with Gasteiger partial charge in [-0.2, -0.15) is 0 Å². The van der Waals surface area contributed by atoms with Crippen molar-refractivity contribution >= 4 is 12.4 Å². The fourth-order valence-corrected chi connectivity index (χ4v) is 5.50. The van der Waals surface area contributed by atoms with Gasteiger partial charge >= 0.3 is 0 Å². The van der Waals surface area contributed by atoms with Gasteiger partial charge in [-0.05, 0) is 74.8 Å². The molecule has 2 heterocycles. The molecule has 2 aromatic carbocycles. The highest BCUT2D eigenvalue weighted by Gasteiger charge is 2.43. The van der Waals surface area contributed by atoms with Crippen LogP contribution in [0.2, 0.25) is 0 Å². The maximum Gasteiger partial charge on any atom is 0.231 e. The van der Waals surface area contributed by atoms with Gasteiger partial charge in [0.25, 0.3) is 0 Å². The fraction of sp³-hybridized carbons (Fsp3) is 0.478. The predicted molar refractivity (Wildman–Crippen MR) is 110 cm³/mol. The molecule has 0 N–H and O–H groups in total. The zero-order valence-corrected chi connectivity index (χ0v) is 17.0. The van der Waals surface area contributed by atoms with Gasteiger partial charge in [0.1, 0.15) is 0 Å². The van der Waals surface area contributed by atoms with Crippen LogP contribution in [0.3, 0.4) is 0 Å². The van der Waals surface area contributed by atoms with Crippen LogP contribution in [-0.4, -0.2) is 24.8 Å². The normalized spacial score (nSPS) is 26.5. The molecule has 0 saturated carbocycles. The Hall–Kier alpha value is -1.71. The van der Waals surface area contributed by atoms with Crippen LogP contribution in [-0.2, 0) is 12.0 Å². The molecule has 5 rings (SSSR count). The van der Waals surface area contributed by atoms with Crippen molar-refractivity contribution in [2.75, 3.05) is 19.9 Å². The second kappa shape index (κ2) is 7.03. The standard InChI is InChI=1S/C23H27NO2.ClH/c1-16-13-20-22(26-15-25-20)19-9-6-11-23(2,21(16)19)24-12-10-18(14-24)17-7-4-3-5-8-17;/h3-5,7-8,13,18H,6,9-12,14-15H2,1-2H3;1H. The number of likely N-dealkylation sites (tertiary alicyclic amines) is 1. The first-order valence-electron chi connectivity index (χ1n) is 9.89. The molecule has 0 spiro atoms. The van der Waals surface area contributed by atoms with Crippen molar-refractivity contribution in [3.05, 3.63) is 58.7 Å². The minimum absolute atomic E-state index is 0. The van der Waals surface area contributed by atoms with E-state index >= 15 is 0 Å². The van der Waals surface area contributed by atoms with Crippen LogP contribution in [0.15, 0.2) is 36.4 Å². The van der Waals surface area contributed by atoms with Crippen LogP contribution >= 0.6 is 12.4 Å². The summed E-state index contributed by atoms with van der Waals surface area (Å²) in [5.74, 6) is 2.59. The summed E-state index contributed by atoms with van der Waals surface area (Å²) < 4.78 is 11.5. The SMILES string of the molecule is Cc1cc2c(c3c1C(C)(N1CCC(c4ccccc4)C1)CCC3)OCO2.Cl. The van der Waals surface area contributed by atoms with Crippen molar-refractivity contribution in [2.24, 2.45) is 0 Å². The zero-order chi connectivity index (χ0) is 17.7. The predicted octanol–water partition coefficient (Wildman–Crippen LogP) is 5.19. The Morgan fingerprint density at radius 1 is 1.15 bits per heavy atom. The Morgan fingerprint density at radius 3 is 2.78 bits per heavy atom. The van der Waals surface area contributed by atoms with Gasteiger partial charge < -0.3 is 9.47 Å². The van der Waals surface area contributed by atoms with Crippen LogP contribution in [0, 0.1) is 6.92 Å². The Bertz CT molecular complexity index is 838. The summed E-state index contributed by atoms with van der Waals surface area (Å²) in [6.07, 6.45) is 4.80. The Morgan fingerprint density at radius 2 is 1.96 bits per heavy atom. The van der Waals surface area contributed by atoms with E-state index in [2.05, 4.69) is 55.1 Å². The van der Waals surface area contributed by atoms with Crippen molar-refractivity contribution in [3.63, 3.8) is 0 Å². The van der Waals surface area contributed by atoms with E-state index in [0.717, 1.165) is 24.5 Å². The van der Waals surface area contributed by atoms with E-state index in [4.69, 9.17) is 9.47 Å². The third kappa shape index (κ3) is 2.92. The number of halogens is 1. The first-order valence-corrected chi connectivity index (χ1v) is 9.89. The lowest BCUT2D eigenvalue weighted by Crippen LogP contribution is -2.45. The maximum absolute atomic E-state index is 5.86. The summed E-state index contributed by atoms with van der Waals surface area (Å²) in [6, 6.07) is 13.2. The number of rotatable bonds is 2. The monoisotopic (exact) mass is 385 g/mol. The van der Waals surface area contributed by atoms with Gasteiger partial charge in [0.05, 0.1) is 0 Å². The second-order valence-corrected chi connectivity index (χ2v) is 8.25. The van der Waals surface area contributed by atoms with Crippen LogP contribution in [0.4, 0.5) is 0 Å². The molecule has 1 saturated heterocycles. The zero-order valence-electron chi connectivity index (χ0n) is 16.2. The number of fused-ring (bicyclic) bond motifs is 3. The fourth-order valence-electron chi connectivity index (χ4n) is 5.50. The van der Waals surface area contributed by atoms with Crippen molar-refractivity contribution in [2.45, 2.75) is 51.0 Å². The molecule has 144 valence electrons. The molecule has 2 aliphatic heterocycles. The average Bonchev–Trinajstić information content (AvgIpc) is 3.32. The van der Waals surface area contributed by atoms with Gasteiger partial charge in [-0.3, -0.25) is 4.90 Å². The molecule has 0 bridgehead atoms. The molecule has 3 nitrogen and oxygen atoms in total. The van der Waals surface area contributed by atoms with E-state index in [-0.39, 0.29) is 17.9 Å². The lowest BCUT2D eigenvalue weighted by molar-refractivity contribution is 0.110. The molecular formula is C23H28ClNO2. The molecule has 27 heavy (non-hydrogen) atoms. The summed E-state index contributed by atoms with van der Waals surface area (Å²) >= 11 is 0. The van der Waals surface area contributed by atoms with Crippen LogP contribution in [0.1, 0.15) is 54.4 Å². The minimum atomic E-state index is 0. The highest BCUT2D eigenvalue weighted by molar-refractivity contribution is 5.85. The second-order valence-electron chi connectivity index (χ2n) is 8.25. The number of nitrogens with zero attached hydrogens (tertiary/aromatic N) is 1. The van der Waals surface area contributed by atoms with Gasteiger partial charge in [0, 0.05) is 17.6 Å². The summed E-state index contributed by atoms with van der Waals surface area (Å²) in [7, 11) is 0. The van der Waals surface area contributed by atoms with E-state index in [1.807, 2.05) is 0 Å². The molecule has 0 amide bonds. The van der Waals surface area contributed by atoms with Gasteiger partial charge in [0.15, 0.2) is 11.5 Å². The lowest BCUT2D eigenvalue weighted by Gasteiger charge is -2.44. The van der Waals surface area contributed by atoms with Crippen molar-refractivity contribution in [3.8, 4) is 11.5 Å². The first-order chi connectivity index (χ1) is 12.7. The van der Waals surface area contributed by atoms with E-state index in [1.54, 1.807) is 0 Å². The first kappa shape index (κ1) is 18.6. The van der Waals surface area contributed by atoms with E-state index < -0.39 is 0 Å². The Balaban J connectivity index is 0.00000180. The summed E-state index contributed by atoms with van der Waals surface area (Å²) in [4.78, 5) is 2.73. The summed E-state index contributed by atoms with van der Waals surface area (Å²) in [5.41, 5.74) is 5.84. The van der Waals surface area contributed by atoms with Crippen LogP contribution in [0.5, 0.6) is 11.5 Å². The Kier molecular flexibility index (Phi) is 4.85. The highest BCUT2D eigenvalue weighted by atomic mass is 35.5. The molecule has 2 unspecified atom stereocenters. The molecule has 4 heteroatoms. The third-order valence-corrected chi connectivity index (χ3v) is 6.75. The number of ether oxygens (including phenoxy) is 2. The minimum Gasteiger partial charge on any atom is -0.454 e. The smallest absolute Gasteiger partial charge is 0.231 e. The van der Waals surface area contributed by atoms with Crippen molar-refractivity contribution in [1.82, 2.24) is 4.90 Å². The number of aryl methyl sites for hydroxylation is 1. The molecular weight excluding hydrogens is 358 g/mol. The largest absolute Gasteiger partial charge is 0.454 e. The molecule has 1 fully saturated rings. The quantitative estimate of drug-likeness (QED) is 0.710. The topological polar surface area (TPSA) is 21.7 Å². The van der Waals surface area contributed by atoms with E-state index in [0.29, 0.717) is 12.7 Å². The molecule has 0 aromatic heterocycles. The van der Waals surface area contributed by atoms with Gasteiger partial charge in [-0.15, -0.1) is 12.4 Å². The summed E-state index contributed by atoms with van der Waals surface area (Å²) in [5, 5.41) is 0. The van der Waals surface area contributed by atoms with Crippen molar-refractivity contribution in [1.29, 1.82) is 0 Å². The Labute approximate surface area is 168 Å². The van der Waals surface area contributed by atoms with E-state index in [1.165, 1.54) is 48.1 Å². The molecule has 3 aliphatic rings. The lowest BCUT2D eigenvalue weighted by atomic mass is 9.74. The van der Waals surface area contributed by atoms with E-state index in [9.17, 15) is 0 Å². The van der Waals surface area contributed by atoms with Crippen LogP contribution < -0.4 is 9.47 Å². The number of hydrogen-bond acceptors (Lipinski definition) is 3. The molecule has 2 aromatic rings. The molecule has 2 atom stereocenters. The number of benzene rings is 2. The molecule has 0 radical (unpaired) electrons. The van der Waals surface area contributed by atoms with Gasteiger partial charge in [-0.1, -0.05) is 30.3 Å². The highest BCUT2D eigenvalue weighted by Crippen LogP contribution is 2.51. The number of hydrogen-bond donors (Lipinski definition) is 0. The van der Waals surface area contributed by atoms with Crippen LogP contribution in [0.25, 0.3) is 0 Å². The van der Waals surface area contributed by atoms with Crippen molar-refractivity contribution < 1.29 is 9.47 Å². The van der Waals surface area contributed by atoms with Gasteiger partial charge in [0.2, 0.25) is 6.79 Å². The summed E-state index contributed by atoms with van der Waals surface area (Å²) in [6.45, 7) is 7.38. The molecule has 1 aliphatic carbocycles.